The van der Waals surface area contributed by atoms with Gasteiger partial charge in [0.1, 0.15) is 18.3 Å². The molecule has 0 radical (unpaired) electrons. The highest BCUT2D eigenvalue weighted by molar-refractivity contribution is 7.92. The molecule has 1 N–H and O–H groups in total. The number of benzene rings is 3. The van der Waals surface area contributed by atoms with E-state index < -0.39 is 28.5 Å². The van der Waals surface area contributed by atoms with Crippen LogP contribution >= 0.6 is 0 Å². The van der Waals surface area contributed by atoms with Gasteiger partial charge in [0.15, 0.2) is 0 Å². The molecule has 41 heavy (non-hydrogen) atoms. The number of nitrogens with zero attached hydrogens (tertiary/aromatic N) is 2. The monoisotopic (exact) mass is 577 g/mol. The Bertz CT molecular complexity index is 1380. The third-order valence-electron chi connectivity index (χ3n) is 7.46. The first kappa shape index (κ1) is 30.1. The normalized spacial score (nSPS) is 14.6. The fourth-order valence-electron chi connectivity index (χ4n) is 5.24. The molecule has 0 spiro atoms. The van der Waals surface area contributed by atoms with E-state index >= 15 is 0 Å². The maximum Gasteiger partial charge on any atom is 0.244 e. The van der Waals surface area contributed by atoms with Crippen LogP contribution in [0.4, 0.5) is 5.69 Å². The summed E-state index contributed by atoms with van der Waals surface area (Å²) >= 11 is 0. The number of sulfonamides is 1. The first-order valence-corrected chi connectivity index (χ1v) is 15.9. The fourth-order valence-corrected chi connectivity index (χ4v) is 6.09. The number of hydrogen-bond donors (Lipinski definition) is 1. The molecular weight excluding hydrogens is 538 g/mol. The lowest BCUT2D eigenvalue weighted by Crippen LogP contribution is -2.55. The predicted molar refractivity (Wildman–Crippen MR) is 161 cm³/mol. The summed E-state index contributed by atoms with van der Waals surface area (Å²) in [6, 6.07) is 24.8. The van der Waals surface area contributed by atoms with Gasteiger partial charge in [-0.25, -0.2) is 8.42 Å². The standard InChI is InChI=1S/C32H39N3O5S/c1-40-29-20-18-28(19-21-29)35(41(2,38)39)24-31(36)34(23-26-14-8-4-9-15-26)30(22-25-12-6-3-7-13-25)32(37)33-27-16-10-5-11-17-27/h3-4,6-9,12-15,18-21,27,30H,5,10-11,16-17,22-24H2,1-2H3,(H,33,37)/t30-/m1/s1. The van der Waals surface area contributed by atoms with Crippen molar-refractivity contribution in [3.05, 3.63) is 96.1 Å². The maximum absolute atomic E-state index is 14.1. The second-order valence-corrected chi connectivity index (χ2v) is 12.4. The largest absolute Gasteiger partial charge is 0.497 e. The number of carbonyl (C=O) groups is 2. The summed E-state index contributed by atoms with van der Waals surface area (Å²) in [5.74, 6) is -0.114. The third kappa shape index (κ3) is 8.57. The zero-order valence-electron chi connectivity index (χ0n) is 23.7. The number of hydrogen-bond acceptors (Lipinski definition) is 5. The summed E-state index contributed by atoms with van der Waals surface area (Å²) in [7, 11) is -2.29. The van der Waals surface area contributed by atoms with Crippen molar-refractivity contribution in [2.24, 2.45) is 0 Å². The SMILES string of the molecule is COc1ccc(N(CC(=O)N(Cc2ccccc2)[C@H](Cc2ccccc2)C(=O)NC2CCCCC2)S(C)(=O)=O)cc1. The number of anilines is 1. The van der Waals surface area contributed by atoms with Gasteiger partial charge in [-0.2, -0.15) is 0 Å². The summed E-state index contributed by atoms with van der Waals surface area (Å²) in [5, 5.41) is 3.21. The lowest BCUT2D eigenvalue weighted by atomic mass is 9.94. The van der Waals surface area contributed by atoms with Crippen LogP contribution in [-0.2, 0) is 32.6 Å². The van der Waals surface area contributed by atoms with Crippen LogP contribution in [0.25, 0.3) is 0 Å². The highest BCUT2D eigenvalue weighted by Crippen LogP contribution is 2.24. The lowest BCUT2D eigenvalue weighted by Gasteiger charge is -2.35. The van der Waals surface area contributed by atoms with E-state index in [0.717, 1.165) is 53.8 Å². The topological polar surface area (TPSA) is 96.0 Å². The van der Waals surface area contributed by atoms with E-state index in [9.17, 15) is 18.0 Å². The van der Waals surface area contributed by atoms with Gasteiger partial charge in [0.2, 0.25) is 21.8 Å². The second kappa shape index (κ2) is 14.2. The third-order valence-corrected chi connectivity index (χ3v) is 8.60. The minimum Gasteiger partial charge on any atom is -0.497 e. The lowest BCUT2D eigenvalue weighted by molar-refractivity contribution is -0.140. The van der Waals surface area contributed by atoms with Crippen molar-refractivity contribution in [1.29, 1.82) is 0 Å². The molecule has 1 atom stereocenters. The first-order valence-electron chi connectivity index (χ1n) is 14.0. The molecule has 1 aliphatic carbocycles. The molecule has 1 aliphatic rings. The van der Waals surface area contributed by atoms with Crippen molar-refractivity contribution >= 4 is 27.5 Å². The molecule has 3 aromatic carbocycles. The molecule has 1 saturated carbocycles. The average molecular weight is 578 g/mol. The van der Waals surface area contributed by atoms with Crippen LogP contribution in [0.15, 0.2) is 84.9 Å². The van der Waals surface area contributed by atoms with E-state index in [1.807, 2.05) is 60.7 Å². The van der Waals surface area contributed by atoms with Crippen molar-refractivity contribution in [1.82, 2.24) is 10.2 Å². The van der Waals surface area contributed by atoms with Gasteiger partial charge in [0.05, 0.1) is 19.1 Å². The number of amides is 2. The van der Waals surface area contributed by atoms with Crippen molar-refractivity contribution in [2.45, 2.75) is 57.2 Å². The van der Waals surface area contributed by atoms with E-state index in [-0.39, 0.29) is 18.5 Å². The Morgan fingerprint density at radius 3 is 2.02 bits per heavy atom. The molecule has 1 fully saturated rings. The Hall–Kier alpha value is -3.85. The zero-order valence-corrected chi connectivity index (χ0v) is 24.6. The molecule has 9 heteroatoms. The molecule has 0 bridgehead atoms. The van der Waals surface area contributed by atoms with Crippen LogP contribution in [0.1, 0.15) is 43.2 Å². The molecule has 8 nitrogen and oxygen atoms in total. The molecule has 3 aromatic rings. The van der Waals surface area contributed by atoms with Crippen molar-refractivity contribution < 1.29 is 22.7 Å². The molecule has 2 amide bonds. The summed E-state index contributed by atoms with van der Waals surface area (Å²) in [6.45, 7) is -0.282. The van der Waals surface area contributed by atoms with Crippen molar-refractivity contribution in [3.63, 3.8) is 0 Å². The smallest absolute Gasteiger partial charge is 0.244 e. The van der Waals surface area contributed by atoms with Crippen LogP contribution in [-0.4, -0.2) is 57.1 Å². The molecule has 0 heterocycles. The van der Waals surface area contributed by atoms with E-state index in [2.05, 4.69) is 5.32 Å². The van der Waals surface area contributed by atoms with E-state index in [1.54, 1.807) is 24.3 Å². The van der Waals surface area contributed by atoms with Gasteiger partial charge in [0.25, 0.3) is 0 Å². The van der Waals surface area contributed by atoms with Gasteiger partial charge in [-0.15, -0.1) is 0 Å². The second-order valence-electron chi connectivity index (χ2n) is 10.5. The summed E-state index contributed by atoms with van der Waals surface area (Å²) in [5.41, 5.74) is 2.10. The summed E-state index contributed by atoms with van der Waals surface area (Å²) in [6.07, 6.45) is 6.48. The summed E-state index contributed by atoms with van der Waals surface area (Å²) in [4.78, 5) is 29.6. The molecule has 0 aliphatic heterocycles. The van der Waals surface area contributed by atoms with Gasteiger partial charge in [-0.3, -0.25) is 13.9 Å². The zero-order chi connectivity index (χ0) is 29.2. The van der Waals surface area contributed by atoms with Gasteiger partial charge in [-0.1, -0.05) is 79.9 Å². The molecule has 4 rings (SSSR count). The van der Waals surface area contributed by atoms with Crippen molar-refractivity contribution in [3.8, 4) is 5.75 Å². The quantitative estimate of drug-likeness (QED) is 0.341. The molecular formula is C32H39N3O5S. The van der Waals surface area contributed by atoms with Gasteiger partial charge in [-0.05, 0) is 48.2 Å². The fraction of sp³-hybridized carbons (Fsp3) is 0.375. The van der Waals surface area contributed by atoms with Gasteiger partial charge < -0.3 is 15.0 Å². The summed E-state index contributed by atoms with van der Waals surface area (Å²) < 4.78 is 32.1. The Kier molecular flexibility index (Phi) is 10.4. The van der Waals surface area contributed by atoms with Crippen molar-refractivity contribution in [2.75, 3.05) is 24.2 Å². The Morgan fingerprint density at radius 1 is 0.878 bits per heavy atom. The van der Waals surface area contributed by atoms with Crippen LogP contribution < -0.4 is 14.4 Å². The number of methoxy groups -OCH3 is 1. The number of rotatable bonds is 12. The van der Waals surface area contributed by atoms with Crippen LogP contribution in [0.5, 0.6) is 5.75 Å². The minimum atomic E-state index is -3.82. The molecule has 0 unspecified atom stereocenters. The first-order chi connectivity index (χ1) is 19.7. The Labute approximate surface area is 243 Å². The maximum atomic E-state index is 14.1. The molecule has 0 saturated heterocycles. The van der Waals surface area contributed by atoms with Crippen LogP contribution in [0.2, 0.25) is 0 Å². The predicted octanol–water partition coefficient (Wildman–Crippen LogP) is 4.55. The number of carbonyl (C=O) groups excluding carboxylic acids is 2. The van der Waals surface area contributed by atoms with Crippen LogP contribution in [0, 0.1) is 0 Å². The van der Waals surface area contributed by atoms with Gasteiger partial charge in [0, 0.05) is 19.0 Å². The highest BCUT2D eigenvalue weighted by atomic mass is 32.2. The Morgan fingerprint density at radius 2 is 1.46 bits per heavy atom. The van der Waals surface area contributed by atoms with Gasteiger partial charge >= 0.3 is 0 Å². The highest BCUT2D eigenvalue weighted by Gasteiger charge is 2.34. The average Bonchev–Trinajstić information content (AvgIpc) is 2.98. The van der Waals surface area contributed by atoms with E-state index in [1.165, 1.54) is 12.0 Å². The molecule has 0 aromatic heterocycles. The van der Waals surface area contributed by atoms with E-state index in [4.69, 9.17) is 4.74 Å². The molecule has 218 valence electrons. The minimum absolute atomic E-state index is 0.0648. The number of ether oxygens (including phenoxy) is 1. The Balaban J connectivity index is 1.69. The van der Waals surface area contributed by atoms with E-state index in [0.29, 0.717) is 17.9 Å². The van der Waals surface area contributed by atoms with Crippen LogP contribution in [0.3, 0.4) is 0 Å². The number of nitrogens with one attached hydrogen (secondary N) is 1.